The highest BCUT2D eigenvalue weighted by Gasteiger charge is 2.27. The summed E-state index contributed by atoms with van der Waals surface area (Å²) < 4.78 is 0. The van der Waals surface area contributed by atoms with E-state index in [0.717, 1.165) is 16.6 Å². The van der Waals surface area contributed by atoms with Crippen LogP contribution >= 0.6 is 0 Å². The van der Waals surface area contributed by atoms with Gasteiger partial charge in [0.15, 0.2) is 5.65 Å². The van der Waals surface area contributed by atoms with Crippen LogP contribution < -0.4 is 0 Å². The van der Waals surface area contributed by atoms with Crippen LogP contribution in [0.3, 0.4) is 0 Å². The lowest BCUT2D eigenvalue weighted by molar-refractivity contribution is -0.142. The molecule has 0 bridgehead atoms. The molecule has 0 amide bonds. The van der Waals surface area contributed by atoms with Crippen molar-refractivity contribution in [3.8, 4) is 17.0 Å². The van der Waals surface area contributed by atoms with E-state index in [1.54, 1.807) is 18.2 Å². The van der Waals surface area contributed by atoms with Gasteiger partial charge in [0.2, 0.25) is 0 Å². The molecule has 1 aliphatic carbocycles. The number of aromatic hydroxyl groups is 1. The predicted octanol–water partition coefficient (Wildman–Crippen LogP) is 3.16. The number of carbonyl (C=O) groups is 1. The summed E-state index contributed by atoms with van der Waals surface area (Å²) in [5, 5.41) is 28.5. The lowest BCUT2D eigenvalue weighted by Crippen LogP contribution is -2.21. The third-order valence-electron chi connectivity index (χ3n) is 4.48. The smallest absolute Gasteiger partial charge is 0.306 e. The first-order chi connectivity index (χ1) is 11.1. The molecule has 2 aromatic heterocycles. The van der Waals surface area contributed by atoms with Gasteiger partial charge in [0.05, 0.1) is 11.6 Å². The molecule has 124 valence electrons. The number of carboxylic acid groups (broad SMARTS) is 1. The molecule has 0 saturated heterocycles. The largest absolute Gasteiger partial charge is 0.507 e. The summed E-state index contributed by atoms with van der Waals surface area (Å²) >= 11 is 0. The van der Waals surface area contributed by atoms with Gasteiger partial charge in [0.1, 0.15) is 5.75 Å². The highest BCUT2D eigenvalue weighted by Crippen LogP contribution is 2.34. The topological polar surface area (TPSA) is 99.1 Å². The number of aryl methyl sites for hydroxylation is 1. The Hall–Kier alpha value is -2.89. The van der Waals surface area contributed by atoms with Crippen molar-refractivity contribution in [2.45, 2.75) is 26.7 Å². The number of phenols is 1. The molecule has 3 N–H and O–H groups in total. The summed E-state index contributed by atoms with van der Waals surface area (Å²) in [6, 6.07) is 8.84. The number of carboxylic acids is 1. The third kappa shape index (κ3) is 2.50. The fraction of sp³-hybridized carbons (Fsp3) is 0.278. The van der Waals surface area contributed by atoms with Crippen molar-refractivity contribution in [1.29, 1.82) is 0 Å². The Labute approximate surface area is 139 Å². The van der Waals surface area contributed by atoms with Crippen LogP contribution in [0, 0.1) is 5.92 Å². The number of rotatable bonds is 2. The highest BCUT2D eigenvalue weighted by atomic mass is 16.4. The van der Waals surface area contributed by atoms with Crippen LogP contribution in [0.2, 0.25) is 0 Å². The van der Waals surface area contributed by atoms with Gasteiger partial charge in [0.25, 0.3) is 0 Å². The van der Waals surface area contributed by atoms with Crippen molar-refractivity contribution in [1.82, 2.24) is 15.2 Å². The Balaban J connectivity index is 0.00000169. The monoisotopic (exact) mass is 325 g/mol. The molecule has 3 aromatic rings. The van der Waals surface area contributed by atoms with Crippen LogP contribution in [0.15, 0.2) is 30.3 Å². The number of aromatic amines is 1. The van der Waals surface area contributed by atoms with Crippen LogP contribution in [-0.2, 0) is 17.6 Å². The van der Waals surface area contributed by atoms with Crippen molar-refractivity contribution in [2.24, 2.45) is 5.92 Å². The number of hydrogen-bond acceptors (Lipinski definition) is 4. The molecule has 0 radical (unpaired) electrons. The number of H-pyrrole nitrogens is 1. The number of aliphatic carboxylic acids is 1. The minimum absolute atomic E-state index is 0. The van der Waals surface area contributed by atoms with E-state index in [4.69, 9.17) is 0 Å². The number of fused-ring (bicyclic) bond motifs is 3. The Morgan fingerprint density at radius 2 is 2.04 bits per heavy atom. The SMILES string of the molecule is C.O=C(O)C1CCc2[nH]c3nnc(-c4ccccc4O)cc3c2C1. The number of phenolic OH excluding ortho intramolecular Hbond substituents is 1. The predicted molar refractivity (Wildman–Crippen MR) is 90.9 cm³/mol. The average Bonchev–Trinajstić information content (AvgIpc) is 2.92. The summed E-state index contributed by atoms with van der Waals surface area (Å²) in [4.78, 5) is 14.5. The lowest BCUT2D eigenvalue weighted by Gasteiger charge is -2.18. The number of nitrogens with one attached hydrogen (secondary N) is 1. The molecule has 1 atom stereocenters. The molecule has 6 heteroatoms. The maximum absolute atomic E-state index is 11.3. The Morgan fingerprint density at radius 3 is 2.79 bits per heavy atom. The second kappa shape index (κ2) is 5.96. The Kier molecular flexibility index (Phi) is 3.97. The zero-order valence-electron chi connectivity index (χ0n) is 12.3. The summed E-state index contributed by atoms with van der Waals surface area (Å²) in [6.45, 7) is 0. The summed E-state index contributed by atoms with van der Waals surface area (Å²) in [5.74, 6) is -0.967. The number of benzene rings is 1. The van der Waals surface area contributed by atoms with E-state index in [1.807, 2.05) is 12.1 Å². The Bertz CT molecular complexity index is 917. The fourth-order valence-corrected chi connectivity index (χ4v) is 3.24. The molecule has 1 aliphatic rings. The number of aromatic nitrogens is 3. The van der Waals surface area contributed by atoms with Crippen LogP contribution in [0.1, 0.15) is 25.1 Å². The van der Waals surface area contributed by atoms with Gasteiger partial charge in [-0.05, 0) is 43.0 Å². The zero-order valence-corrected chi connectivity index (χ0v) is 12.3. The van der Waals surface area contributed by atoms with E-state index >= 15 is 0 Å². The maximum atomic E-state index is 11.3. The van der Waals surface area contributed by atoms with E-state index in [0.29, 0.717) is 36.2 Å². The van der Waals surface area contributed by atoms with Crippen LogP contribution in [0.5, 0.6) is 5.75 Å². The number of para-hydroxylation sites is 1. The van der Waals surface area contributed by atoms with Crippen molar-refractivity contribution >= 4 is 17.0 Å². The van der Waals surface area contributed by atoms with Crippen LogP contribution in [0.25, 0.3) is 22.3 Å². The minimum Gasteiger partial charge on any atom is -0.507 e. The van der Waals surface area contributed by atoms with E-state index in [2.05, 4.69) is 15.2 Å². The maximum Gasteiger partial charge on any atom is 0.306 e. The van der Waals surface area contributed by atoms with Gasteiger partial charge < -0.3 is 15.2 Å². The molecular weight excluding hydrogens is 306 g/mol. The molecule has 6 nitrogen and oxygen atoms in total. The molecule has 0 fully saturated rings. The summed E-state index contributed by atoms with van der Waals surface area (Å²) in [5.41, 5.74) is 3.91. The van der Waals surface area contributed by atoms with Crippen molar-refractivity contribution in [2.75, 3.05) is 0 Å². The molecule has 2 heterocycles. The van der Waals surface area contributed by atoms with E-state index in [-0.39, 0.29) is 19.1 Å². The van der Waals surface area contributed by atoms with E-state index in [1.165, 1.54) is 0 Å². The highest BCUT2D eigenvalue weighted by molar-refractivity contribution is 5.86. The molecule has 0 spiro atoms. The van der Waals surface area contributed by atoms with E-state index < -0.39 is 5.97 Å². The molecule has 1 aromatic carbocycles. The van der Waals surface area contributed by atoms with Gasteiger partial charge in [0, 0.05) is 16.6 Å². The first-order valence-electron chi connectivity index (χ1n) is 7.52. The van der Waals surface area contributed by atoms with Crippen molar-refractivity contribution < 1.29 is 15.0 Å². The first-order valence-corrected chi connectivity index (χ1v) is 7.52. The fourth-order valence-electron chi connectivity index (χ4n) is 3.24. The second-order valence-corrected chi connectivity index (χ2v) is 5.87. The van der Waals surface area contributed by atoms with Crippen LogP contribution in [-0.4, -0.2) is 31.4 Å². The summed E-state index contributed by atoms with van der Waals surface area (Å²) in [7, 11) is 0. The Morgan fingerprint density at radius 1 is 1.25 bits per heavy atom. The summed E-state index contributed by atoms with van der Waals surface area (Å²) in [6.07, 6.45) is 1.83. The zero-order chi connectivity index (χ0) is 16.0. The normalized spacial score (nSPS) is 16.4. The van der Waals surface area contributed by atoms with Gasteiger partial charge in [-0.1, -0.05) is 19.6 Å². The molecular formula is C18H19N3O3. The molecule has 0 saturated carbocycles. The molecule has 24 heavy (non-hydrogen) atoms. The van der Waals surface area contributed by atoms with Gasteiger partial charge >= 0.3 is 5.97 Å². The van der Waals surface area contributed by atoms with Crippen molar-refractivity contribution in [3.63, 3.8) is 0 Å². The van der Waals surface area contributed by atoms with Gasteiger partial charge in [-0.25, -0.2) is 0 Å². The second-order valence-electron chi connectivity index (χ2n) is 5.87. The van der Waals surface area contributed by atoms with E-state index in [9.17, 15) is 15.0 Å². The lowest BCUT2D eigenvalue weighted by atomic mass is 9.86. The molecule has 1 unspecified atom stereocenters. The molecule has 0 aliphatic heterocycles. The number of nitrogens with zero attached hydrogens (tertiary/aromatic N) is 2. The van der Waals surface area contributed by atoms with Crippen molar-refractivity contribution in [3.05, 3.63) is 41.6 Å². The minimum atomic E-state index is -0.757. The first kappa shape index (κ1) is 16.0. The van der Waals surface area contributed by atoms with Gasteiger partial charge in [-0.15, -0.1) is 10.2 Å². The quantitative estimate of drug-likeness (QED) is 0.672. The van der Waals surface area contributed by atoms with Crippen LogP contribution in [0.4, 0.5) is 0 Å². The van der Waals surface area contributed by atoms with Gasteiger partial charge in [-0.3, -0.25) is 4.79 Å². The molecule has 4 rings (SSSR count). The standard InChI is InChI=1S/C17H15N3O3.CH4/c21-15-4-2-1-3-10(15)14-8-12-11-7-9(17(22)23)5-6-13(11)18-16(12)20-19-14;/h1-4,8-9,21H,5-7H2,(H,18,20)(H,22,23);1H4. The average molecular weight is 325 g/mol. The number of hydrogen-bond donors (Lipinski definition) is 3. The van der Waals surface area contributed by atoms with Gasteiger partial charge in [-0.2, -0.15) is 0 Å². The third-order valence-corrected chi connectivity index (χ3v) is 4.48.